The standard InChI is InChI=1S/C23H25N5O2/c24-18-9-5-4-8-17(18)14-16(11-10-15-6-2-1-3-7-15)12-13-19-25-20-21(26-19)27-23(30)28-22(20)29/h1-9,16H,10-14,24H2,(H3,25,26,27,28,29,30). The van der Waals surface area contributed by atoms with Crippen LogP contribution in [0.1, 0.15) is 29.8 Å². The molecule has 0 radical (unpaired) electrons. The molecule has 1 unspecified atom stereocenters. The van der Waals surface area contributed by atoms with Crippen molar-refractivity contribution in [3.05, 3.63) is 92.4 Å². The molecule has 0 amide bonds. The Morgan fingerprint density at radius 1 is 0.867 bits per heavy atom. The summed E-state index contributed by atoms with van der Waals surface area (Å²) in [7, 11) is 0. The Labute approximate surface area is 173 Å². The van der Waals surface area contributed by atoms with Crippen LogP contribution in [0.5, 0.6) is 0 Å². The summed E-state index contributed by atoms with van der Waals surface area (Å²) in [6.45, 7) is 0. The first-order valence-corrected chi connectivity index (χ1v) is 10.2. The molecule has 2 aromatic carbocycles. The van der Waals surface area contributed by atoms with Gasteiger partial charge in [0.25, 0.3) is 5.56 Å². The van der Waals surface area contributed by atoms with E-state index in [2.05, 4.69) is 50.3 Å². The normalized spacial score (nSPS) is 12.3. The summed E-state index contributed by atoms with van der Waals surface area (Å²) in [5, 5.41) is 0. The molecule has 0 aliphatic rings. The Balaban J connectivity index is 1.50. The van der Waals surface area contributed by atoms with Gasteiger partial charge in [0.1, 0.15) is 11.3 Å². The maximum absolute atomic E-state index is 11.9. The number of hydrogen-bond acceptors (Lipinski definition) is 4. The molecule has 1 atom stereocenters. The van der Waals surface area contributed by atoms with E-state index in [1.807, 2.05) is 24.3 Å². The van der Waals surface area contributed by atoms with E-state index in [1.54, 1.807) is 0 Å². The highest BCUT2D eigenvalue weighted by molar-refractivity contribution is 5.68. The summed E-state index contributed by atoms with van der Waals surface area (Å²) in [5.41, 5.74) is 9.06. The predicted octanol–water partition coefficient (Wildman–Crippen LogP) is 2.95. The van der Waals surface area contributed by atoms with Gasteiger partial charge < -0.3 is 10.7 Å². The van der Waals surface area contributed by atoms with Gasteiger partial charge in [0.2, 0.25) is 0 Å². The lowest BCUT2D eigenvalue weighted by Gasteiger charge is -2.18. The van der Waals surface area contributed by atoms with E-state index in [1.165, 1.54) is 5.56 Å². The molecule has 7 nitrogen and oxygen atoms in total. The number of aromatic nitrogens is 4. The molecule has 5 N–H and O–H groups in total. The molecule has 0 saturated heterocycles. The van der Waals surface area contributed by atoms with Gasteiger partial charge in [-0.3, -0.25) is 14.8 Å². The number of imidazole rings is 1. The number of anilines is 1. The Morgan fingerprint density at radius 2 is 1.60 bits per heavy atom. The summed E-state index contributed by atoms with van der Waals surface area (Å²) in [6.07, 6.45) is 4.48. The summed E-state index contributed by atoms with van der Waals surface area (Å²) in [5.74, 6) is 1.10. The van der Waals surface area contributed by atoms with E-state index in [4.69, 9.17) is 5.73 Å². The maximum atomic E-state index is 11.9. The monoisotopic (exact) mass is 403 g/mol. The number of rotatable bonds is 8. The zero-order valence-corrected chi connectivity index (χ0v) is 16.7. The SMILES string of the molecule is Nc1ccccc1CC(CCc1ccccc1)CCc1nc2[nH]c(=O)[nH]c(=O)c2[nH]1. The van der Waals surface area contributed by atoms with Crippen molar-refractivity contribution in [2.24, 2.45) is 5.92 Å². The first-order valence-electron chi connectivity index (χ1n) is 10.2. The number of H-pyrrole nitrogens is 3. The van der Waals surface area contributed by atoms with Crippen molar-refractivity contribution in [2.45, 2.75) is 32.1 Å². The number of fused-ring (bicyclic) bond motifs is 1. The van der Waals surface area contributed by atoms with E-state index < -0.39 is 11.2 Å². The number of aromatic amines is 3. The zero-order valence-electron chi connectivity index (χ0n) is 16.7. The minimum Gasteiger partial charge on any atom is -0.399 e. The fraction of sp³-hybridized carbons (Fsp3) is 0.261. The maximum Gasteiger partial charge on any atom is 0.327 e. The van der Waals surface area contributed by atoms with Crippen LogP contribution >= 0.6 is 0 Å². The van der Waals surface area contributed by atoms with Gasteiger partial charge in [-0.2, -0.15) is 0 Å². The molecule has 0 spiro atoms. The Hall–Kier alpha value is -3.61. The third-order valence-electron chi connectivity index (χ3n) is 5.48. The molecule has 2 aromatic heterocycles. The highest BCUT2D eigenvalue weighted by atomic mass is 16.2. The Morgan fingerprint density at radius 3 is 2.40 bits per heavy atom. The van der Waals surface area contributed by atoms with Crippen LogP contribution in [0.3, 0.4) is 0 Å². The van der Waals surface area contributed by atoms with Gasteiger partial charge in [-0.1, -0.05) is 48.5 Å². The summed E-state index contributed by atoms with van der Waals surface area (Å²) in [4.78, 5) is 35.6. The van der Waals surface area contributed by atoms with Crippen molar-refractivity contribution in [3.63, 3.8) is 0 Å². The molecule has 0 fully saturated rings. The molecule has 2 heterocycles. The van der Waals surface area contributed by atoms with Gasteiger partial charge >= 0.3 is 5.69 Å². The fourth-order valence-electron chi connectivity index (χ4n) is 3.84. The molecule has 0 bridgehead atoms. The smallest absolute Gasteiger partial charge is 0.327 e. The number of nitrogen functional groups attached to an aromatic ring is 1. The number of nitrogens with one attached hydrogen (secondary N) is 3. The minimum absolute atomic E-state index is 0.298. The van der Waals surface area contributed by atoms with Crippen LogP contribution in [0.15, 0.2) is 64.2 Å². The number of aryl methyl sites for hydroxylation is 2. The summed E-state index contributed by atoms with van der Waals surface area (Å²) < 4.78 is 0. The van der Waals surface area contributed by atoms with E-state index in [0.717, 1.165) is 36.9 Å². The van der Waals surface area contributed by atoms with Crippen molar-refractivity contribution in [1.29, 1.82) is 0 Å². The second-order valence-corrected chi connectivity index (χ2v) is 7.65. The fourth-order valence-corrected chi connectivity index (χ4v) is 3.84. The average molecular weight is 403 g/mol. The number of nitrogens with zero attached hydrogens (tertiary/aromatic N) is 1. The molecular weight excluding hydrogens is 378 g/mol. The highest BCUT2D eigenvalue weighted by Gasteiger charge is 2.14. The molecule has 30 heavy (non-hydrogen) atoms. The van der Waals surface area contributed by atoms with Gasteiger partial charge in [0, 0.05) is 12.1 Å². The summed E-state index contributed by atoms with van der Waals surface area (Å²) >= 11 is 0. The van der Waals surface area contributed by atoms with Crippen LogP contribution < -0.4 is 17.0 Å². The first-order chi connectivity index (χ1) is 14.6. The number of benzene rings is 2. The molecule has 0 saturated carbocycles. The Bertz CT molecular complexity index is 1240. The lowest BCUT2D eigenvalue weighted by atomic mass is 9.88. The summed E-state index contributed by atoms with van der Waals surface area (Å²) in [6, 6.07) is 18.4. The third-order valence-corrected chi connectivity index (χ3v) is 5.48. The van der Waals surface area contributed by atoms with E-state index >= 15 is 0 Å². The van der Waals surface area contributed by atoms with Crippen molar-refractivity contribution >= 4 is 16.9 Å². The second-order valence-electron chi connectivity index (χ2n) is 7.65. The molecular formula is C23H25N5O2. The van der Waals surface area contributed by atoms with Crippen LogP contribution in [0.25, 0.3) is 11.2 Å². The first kappa shape index (κ1) is 19.7. The van der Waals surface area contributed by atoms with Crippen LogP contribution in [0.4, 0.5) is 5.69 Å². The molecule has 0 aliphatic carbocycles. The quantitative estimate of drug-likeness (QED) is 0.338. The van der Waals surface area contributed by atoms with E-state index in [-0.39, 0.29) is 0 Å². The van der Waals surface area contributed by atoms with Crippen molar-refractivity contribution in [1.82, 2.24) is 19.9 Å². The number of para-hydroxylation sites is 1. The second kappa shape index (κ2) is 8.82. The molecule has 4 aromatic rings. The molecule has 154 valence electrons. The van der Waals surface area contributed by atoms with Gasteiger partial charge in [0.15, 0.2) is 5.65 Å². The van der Waals surface area contributed by atoms with E-state index in [9.17, 15) is 9.59 Å². The minimum atomic E-state index is -0.550. The van der Waals surface area contributed by atoms with Crippen molar-refractivity contribution < 1.29 is 0 Å². The van der Waals surface area contributed by atoms with Crippen molar-refractivity contribution in [2.75, 3.05) is 5.73 Å². The topological polar surface area (TPSA) is 120 Å². The average Bonchev–Trinajstić information content (AvgIpc) is 3.15. The van der Waals surface area contributed by atoms with Gasteiger partial charge in [-0.25, -0.2) is 9.78 Å². The third kappa shape index (κ3) is 4.68. The largest absolute Gasteiger partial charge is 0.399 e. The zero-order chi connectivity index (χ0) is 20.9. The highest BCUT2D eigenvalue weighted by Crippen LogP contribution is 2.23. The van der Waals surface area contributed by atoms with Gasteiger partial charge in [-0.05, 0) is 48.8 Å². The lowest BCUT2D eigenvalue weighted by Crippen LogP contribution is -2.21. The van der Waals surface area contributed by atoms with Crippen LogP contribution in [-0.4, -0.2) is 19.9 Å². The molecule has 0 aliphatic heterocycles. The van der Waals surface area contributed by atoms with Crippen LogP contribution in [0.2, 0.25) is 0 Å². The van der Waals surface area contributed by atoms with Crippen LogP contribution in [0, 0.1) is 5.92 Å². The van der Waals surface area contributed by atoms with Gasteiger partial charge in [0.05, 0.1) is 0 Å². The number of hydrogen-bond donors (Lipinski definition) is 4. The van der Waals surface area contributed by atoms with Crippen molar-refractivity contribution in [3.8, 4) is 0 Å². The Kier molecular flexibility index (Phi) is 5.79. The van der Waals surface area contributed by atoms with E-state index in [0.29, 0.717) is 29.3 Å². The lowest BCUT2D eigenvalue weighted by molar-refractivity contribution is 0.445. The predicted molar refractivity (Wildman–Crippen MR) is 118 cm³/mol. The molecule has 4 rings (SSSR count). The number of nitrogens with two attached hydrogens (primary N) is 1. The van der Waals surface area contributed by atoms with Gasteiger partial charge in [-0.15, -0.1) is 0 Å². The van der Waals surface area contributed by atoms with Crippen LogP contribution in [-0.2, 0) is 19.3 Å². The molecule has 7 heteroatoms.